The van der Waals surface area contributed by atoms with Gasteiger partial charge in [-0.25, -0.2) is 0 Å². The highest BCUT2D eigenvalue weighted by molar-refractivity contribution is 5.76. The van der Waals surface area contributed by atoms with Gasteiger partial charge in [0.15, 0.2) is 0 Å². The number of alkyl halides is 3. The molecule has 2 N–H and O–H groups in total. The first kappa shape index (κ1) is 14.3. The number of carbonyl (C=O) groups excluding carboxylic acids is 1. The topological polar surface area (TPSA) is 41.1 Å². The number of rotatable bonds is 4. The summed E-state index contributed by atoms with van der Waals surface area (Å²) < 4.78 is 37.9. The third-order valence-corrected chi connectivity index (χ3v) is 2.50. The summed E-state index contributed by atoms with van der Waals surface area (Å²) in [5, 5.41) is 5.23. The average molecular weight is 260 g/mol. The summed E-state index contributed by atoms with van der Waals surface area (Å²) in [5.74, 6) is -0.161. The molecule has 0 radical (unpaired) electrons. The minimum absolute atomic E-state index is 0.161. The molecule has 0 saturated heterocycles. The Morgan fingerprint density at radius 1 is 1.33 bits per heavy atom. The van der Waals surface area contributed by atoms with Crippen molar-refractivity contribution in [3.8, 4) is 0 Å². The number of hydrogen-bond donors (Lipinski definition) is 2. The van der Waals surface area contributed by atoms with Gasteiger partial charge in [0.2, 0.25) is 5.91 Å². The van der Waals surface area contributed by atoms with Crippen LogP contribution in [-0.4, -0.2) is 19.5 Å². The lowest BCUT2D eigenvalue weighted by Gasteiger charge is -2.13. The van der Waals surface area contributed by atoms with Gasteiger partial charge in [0.25, 0.3) is 0 Å². The van der Waals surface area contributed by atoms with Gasteiger partial charge in [-0.15, -0.1) is 0 Å². The van der Waals surface area contributed by atoms with Crippen LogP contribution in [0.3, 0.4) is 0 Å². The molecule has 1 aromatic carbocycles. The van der Waals surface area contributed by atoms with Crippen molar-refractivity contribution >= 4 is 11.6 Å². The zero-order valence-electron chi connectivity index (χ0n) is 10.2. The van der Waals surface area contributed by atoms with Gasteiger partial charge in [-0.2, -0.15) is 13.2 Å². The number of aryl methyl sites for hydroxylation is 1. The monoisotopic (exact) mass is 260 g/mol. The van der Waals surface area contributed by atoms with Gasteiger partial charge in [0.1, 0.15) is 0 Å². The molecule has 0 aromatic heterocycles. The van der Waals surface area contributed by atoms with E-state index in [9.17, 15) is 18.0 Å². The lowest BCUT2D eigenvalue weighted by molar-refractivity contribution is -0.138. The van der Waals surface area contributed by atoms with Crippen LogP contribution in [0, 0.1) is 6.92 Å². The van der Waals surface area contributed by atoms with Gasteiger partial charge in [-0.05, 0) is 24.6 Å². The van der Waals surface area contributed by atoms with Crippen LogP contribution >= 0.6 is 0 Å². The van der Waals surface area contributed by atoms with Crippen LogP contribution in [0.2, 0.25) is 0 Å². The van der Waals surface area contributed by atoms with Crippen molar-refractivity contribution in [1.29, 1.82) is 0 Å². The number of benzene rings is 1. The summed E-state index contributed by atoms with van der Waals surface area (Å²) >= 11 is 0. The molecule has 1 aromatic rings. The number of halogens is 3. The van der Waals surface area contributed by atoms with Gasteiger partial charge in [-0.1, -0.05) is 6.07 Å². The fourth-order valence-electron chi connectivity index (χ4n) is 1.48. The largest absolute Gasteiger partial charge is 0.416 e. The highest BCUT2D eigenvalue weighted by Gasteiger charge is 2.32. The molecule has 0 atom stereocenters. The summed E-state index contributed by atoms with van der Waals surface area (Å²) in [4.78, 5) is 11.0. The van der Waals surface area contributed by atoms with Crippen LogP contribution < -0.4 is 10.6 Å². The second-order valence-corrected chi connectivity index (χ2v) is 3.88. The van der Waals surface area contributed by atoms with Crippen molar-refractivity contribution < 1.29 is 18.0 Å². The predicted molar refractivity (Wildman–Crippen MR) is 63.4 cm³/mol. The minimum Gasteiger partial charge on any atom is -0.385 e. The molecular weight excluding hydrogens is 245 g/mol. The summed E-state index contributed by atoms with van der Waals surface area (Å²) in [6.45, 7) is 1.71. The molecule has 3 nitrogen and oxygen atoms in total. The fourth-order valence-corrected chi connectivity index (χ4v) is 1.48. The molecule has 0 unspecified atom stereocenters. The van der Waals surface area contributed by atoms with E-state index in [-0.39, 0.29) is 17.9 Å². The third-order valence-electron chi connectivity index (χ3n) is 2.50. The lowest BCUT2D eigenvalue weighted by Crippen LogP contribution is -2.20. The van der Waals surface area contributed by atoms with Gasteiger partial charge in [-0.3, -0.25) is 4.79 Å². The Kier molecular flexibility index (Phi) is 4.58. The number of amides is 1. The smallest absolute Gasteiger partial charge is 0.385 e. The first-order chi connectivity index (χ1) is 8.34. The maximum Gasteiger partial charge on any atom is 0.416 e. The van der Waals surface area contributed by atoms with Gasteiger partial charge < -0.3 is 10.6 Å². The molecule has 0 bridgehead atoms. The Hall–Kier alpha value is -1.72. The van der Waals surface area contributed by atoms with Crippen molar-refractivity contribution in [1.82, 2.24) is 5.32 Å². The second kappa shape index (κ2) is 5.75. The Morgan fingerprint density at radius 3 is 2.56 bits per heavy atom. The van der Waals surface area contributed by atoms with E-state index >= 15 is 0 Å². The molecule has 0 saturated carbocycles. The first-order valence-electron chi connectivity index (χ1n) is 5.47. The number of anilines is 1. The molecule has 18 heavy (non-hydrogen) atoms. The van der Waals surface area contributed by atoms with E-state index in [1.807, 2.05) is 0 Å². The molecule has 0 heterocycles. The standard InChI is InChI=1S/C12H15F3N2O/c1-8-3-4-9(7-10(8)12(13,14)15)17-6-5-11(18)16-2/h3-4,7,17H,5-6H2,1-2H3,(H,16,18). The maximum absolute atomic E-state index is 12.6. The average Bonchev–Trinajstić information content (AvgIpc) is 2.29. The van der Waals surface area contributed by atoms with E-state index in [1.54, 1.807) is 6.07 Å². The Morgan fingerprint density at radius 2 is 2.00 bits per heavy atom. The number of hydrogen-bond acceptors (Lipinski definition) is 2. The van der Waals surface area contributed by atoms with Crippen LogP contribution in [-0.2, 0) is 11.0 Å². The zero-order valence-corrected chi connectivity index (χ0v) is 10.2. The molecule has 0 spiro atoms. The summed E-state index contributed by atoms with van der Waals surface area (Å²) in [7, 11) is 1.51. The van der Waals surface area contributed by atoms with Crippen molar-refractivity contribution in [3.63, 3.8) is 0 Å². The summed E-state index contributed by atoms with van der Waals surface area (Å²) in [5.41, 5.74) is -0.122. The highest BCUT2D eigenvalue weighted by atomic mass is 19.4. The van der Waals surface area contributed by atoms with Crippen molar-refractivity contribution in [2.24, 2.45) is 0 Å². The SMILES string of the molecule is CNC(=O)CCNc1ccc(C)c(C(F)(F)F)c1. The summed E-state index contributed by atoms with van der Waals surface area (Å²) in [6, 6.07) is 4.03. The molecule has 1 amide bonds. The number of nitrogens with one attached hydrogen (secondary N) is 2. The van der Waals surface area contributed by atoms with Crippen LogP contribution in [0.15, 0.2) is 18.2 Å². The molecule has 0 fully saturated rings. The second-order valence-electron chi connectivity index (χ2n) is 3.88. The third kappa shape index (κ3) is 3.94. The molecule has 1 rings (SSSR count). The maximum atomic E-state index is 12.6. The molecule has 6 heteroatoms. The Bertz CT molecular complexity index is 430. The van der Waals surface area contributed by atoms with Crippen LogP contribution in [0.25, 0.3) is 0 Å². The van der Waals surface area contributed by atoms with E-state index < -0.39 is 11.7 Å². The van der Waals surface area contributed by atoms with E-state index in [0.29, 0.717) is 12.2 Å². The van der Waals surface area contributed by atoms with E-state index in [0.717, 1.165) is 6.07 Å². The first-order valence-corrected chi connectivity index (χ1v) is 5.47. The van der Waals surface area contributed by atoms with E-state index in [4.69, 9.17) is 0 Å². The minimum atomic E-state index is -4.36. The van der Waals surface area contributed by atoms with Crippen molar-refractivity contribution in [2.45, 2.75) is 19.5 Å². The highest BCUT2D eigenvalue weighted by Crippen LogP contribution is 2.33. The molecule has 0 aliphatic heterocycles. The zero-order chi connectivity index (χ0) is 13.8. The normalized spacial score (nSPS) is 11.2. The van der Waals surface area contributed by atoms with Crippen LogP contribution in [0.1, 0.15) is 17.5 Å². The quantitative estimate of drug-likeness (QED) is 0.873. The van der Waals surface area contributed by atoms with Gasteiger partial charge >= 0.3 is 6.18 Å². The van der Waals surface area contributed by atoms with Crippen molar-refractivity contribution in [2.75, 3.05) is 18.9 Å². The lowest BCUT2D eigenvalue weighted by atomic mass is 10.1. The fraction of sp³-hybridized carbons (Fsp3) is 0.417. The predicted octanol–water partition coefficient (Wildman–Crippen LogP) is 2.56. The molecule has 0 aliphatic carbocycles. The Labute approximate surface area is 103 Å². The number of carbonyl (C=O) groups is 1. The molecule has 100 valence electrons. The van der Waals surface area contributed by atoms with E-state index in [1.165, 1.54) is 20.0 Å². The van der Waals surface area contributed by atoms with Gasteiger partial charge in [0.05, 0.1) is 5.56 Å². The van der Waals surface area contributed by atoms with E-state index in [2.05, 4.69) is 10.6 Å². The molecular formula is C12H15F3N2O. The van der Waals surface area contributed by atoms with Crippen LogP contribution in [0.4, 0.5) is 18.9 Å². The van der Waals surface area contributed by atoms with Gasteiger partial charge in [0, 0.05) is 25.7 Å². The Balaban J connectivity index is 2.71. The summed E-state index contributed by atoms with van der Waals surface area (Å²) in [6.07, 6.45) is -4.14. The van der Waals surface area contributed by atoms with Crippen LogP contribution in [0.5, 0.6) is 0 Å². The van der Waals surface area contributed by atoms with Crippen molar-refractivity contribution in [3.05, 3.63) is 29.3 Å². The molecule has 0 aliphatic rings.